The second kappa shape index (κ2) is 3.70. The summed E-state index contributed by atoms with van der Waals surface area (Å²) < 4.78 is 4.91. The molecule has 1 rings (SSSR count). The molecule has 0 aliphatic heterocycles. The van der Waals surface area contributed by atoms with Gasteiger partial charge in [-0.15, -0.1) is 0 Å². The normalized spacial score (nSPS) is 32.8. The number of methoxy groups -OCH3 is 1. The first-order valence-corrected chi connectivity index (χ1v) is 4.28. The molecule has 0 fully saturated rings. The van der Waals surface area contributed by atoms with E-state index in [1.165, 1.54) is 13.2 Å². The van der Waals surface area contributed by atoms with Gasteiger partial charge in [0.15, 0.2) is 0 Å². The van der Waals surface area contributed by atoms with Crippen molar-refractivity contribution in [1.29, 1.82) is 0 Å². The van der Waals surface area contributed by atoms with Crippen molar-refractivity contribution in [3.63, 3.8) is 0 Å². The summed E-state index contributed by atoms with van der Waals surface area (Å²) in [7, 11) is 1.38. The van der Waals surface area contributed by atoms with E-state index >= 15 is 0 Å². The summed E-state index contributed by atoms with van der Waals surface area (Å²) in [6.07, 6.45) is 3.86. The third-order valence-corrected chi connectivity index (χ3v) is 2.93. The highest BCUT2D eigenvalue weighted by Gasteiger charge is 2.47. The van der Waals surface area contributed by atoms with E-state index in [4.69, 9.17) is 33.0 Å². The first-order valence-electron chi connectivity index (χ1n) is 3.53. The predicted octanol–water partition coefficient (Wildman–Crippen LogP) is 1.76. The summed E-state index contributed by atoms with van der Waals surface area (Å²) in [5.41, 5.74) is 0. The van der Waals surface area contributed by atoms with Crippen LogP contribution in [0, 0.1) is 0 Å². The summed E-state index contributed by atoms with van der Waals surface area (Å²) in [4.78, 5) is 9.20. The van der Waals surface area contributed by atoms with Crippen LogP contribution in [0.25, 0.3) is 0 Å². The maximum absolute atomic E-state index is 10.9. The fourth-order valence-electron chi connectivity index (χ4n) is 1.10. The molecule has 13 heavy (non-hydrogen) atoms. The highest BCUT2D eigenvalue weighted by Crippen LogP contribution is 2.36. The molecule has 0 radical (unpaired) electrons. The number of alkyl halides is 1. The summed E-state index contributed by atoms with van der Waals surface area (Å²) in [6, 6.07) is 0. The summed E-state index contributed by atoms with van der Waals surface area (Å²) in [5.74, 6) is -1.22. The monoisotopic (exact) mass is 222 g/mol. The minimum absolute atomic E-state index is 0.0519. The van der Waals surface area contributed by atoms with Gasteiger partial charge in [0, 0.05) is 7.11 Å². The van der Waals surface area contributed by atoms with Crippen LogP contribution in [0.1, 0.15) is 0 Å². The van der Waals surface area contributed by atoms with E-state index in [2.05, 4.69) is 0 Å². The van der Waals surface area contributed by atoms with Crippen LogP contribution in [-0.4, -0.2) is 29.2 Å². The Morgan fingerprint density at radius 3 is 2.77 bits per heavy atom. The molecule has 0 saturated carbocycles. The molecule has 0 aromatic rings. The summed E-state index contributed by atoms with van der Waals surface area (Å²) in [6.45, 7) is 0. The SMILES string of the molecule is COC1C=CC=C(Cl)C1(Cl)C(=O)O. The molecular weight excluding hydrogens is 215 g/mol. The third-order valence-electron chi connectivity index (χ3n) is 1.83. The number of allylic oxidation sites excluding steroid dienone is 2. The number of carbonyl (C=O) groups is 1. The lowest BCUT2D eigenvalue weighted by Crippen LogP contribution is -2.46. The van der Waals surface area contributed by atoms with E-state index in [0.29, 0.717) is 0 Å². The lowest BCUT2D eigenvalue weighted by molar-refractivity contribution is -0.141. The highest BCUT2D eigenvalue weighted by molar-refractivity contribution is 6.46. The number of halogens is 2. The van der Waals surface area contributed by atoms with Crippen molar-refractivity contribution in [2.24, 2.45) is 0 Å². The number of hydrogen-bond acceptors (Lipinski definition) is 2. The molecule has 1 aliphatic rings. The van der Waals surface area contributed by atoms with Crippen LogP contribution in [-0.2, 0) is 9.53 Å². The van der Waals surface area contributed by atoms with Crippen LogP contribution in [0.2, 0.25) is 0 Å². The molecule has 0 heterocycles. The molecule has 1 aliphatic carbocycles. The van der Waals surface area contributed by atoms with Crippen molar-refractivity contribution in [1.82, 2.24) is 0 Å². The van der Waals surface area contributed by atoms with Crippen molar-refractivity contribution in [3.05, 3.63) is 23.3 Å². The number of aliphatic carboxylic acids is 1. The largest absolute Gasteiger partial charge is 0.480 e. The Morgan fingerprint density at radius 1 is 1.77 bits per heavy atom. The second-order valence-corrected chi connectivity index (χ2v) is 3.58. The molecule has 2 atom stereocenters. The van der Waals surface area contributed by atoms with E-state index in [-0.39, 0.29) is 5.03 Å². The molecule has 1 N–H and O–H groups in total. The maximum atomic E-state index is 10.9. The van der Waals surface area contributed by atoms with Crippen molar-refractivity contribution < 1.29 is 14.6 Å². The Labute approximate surface area is 85.6 Å². The minimum Gasteiger partial charge on any atom is -0.480 e. The molecule has 2 unspecified atom stereocenters. The van der Waals surface area contributed by atoms with E-state index in [0.717, 1.165) is 0 Å². The van der Waals surface area contributed by atoms with Gasteiger partial charge >= 0.3 is 5.97 Å². The van der Waals surface area contributed by atoms with E-state index in [1.54, 1.807) is 12.2 Å². The quantitative estimate of drug-likeness (QED) is 0.725. The molecular formula is C8H8Cl2O3. The number of carboxylic acid groups (broad SMARTS) is 1. The Morgan fingerprint density at radius 2 is 2.38 bits per heavy atom. The molecule has 72 valence electrons. The molecule has 0 amide bonds. The molecule has 5 heteroatoms. The van der Waals surface area contributed by atoms with Crippen LogP contribution in [0.4, 0.5) is 0 Å². The van der Waals surface area contributed by atoms with Crippen molar-refractivity contribution in [2.45, 2.75) is 11.0 Å². The van der Waals surface area contributed by atoms with Crippen LogP contribution in [0.3, 0.4) is 0 Å². The zero-order chi connectivity index (χ0) is 10.1. The fraction of sp³-hybridized carbons (Fsp3) is 0.375. The van der Waals surface area contributed by atoms with Crippen molar-refractivity contribution >= 4 is 29.2 Å². The number of hydrogen-bond donors (Lipinski definition) is 1. The standard InChI is InChI=1S/C8H8Cl2O3/c1-13-6-4-2-3-5(9)8(6,10)7(11)12/h2-4,6H,1H3,(H,11,12). The molecule has 3 nitrogen and oxygen atoms in total. The average Bonchev–Trinajstić information content (AvgIpc) is 2.09. The zero-order valence-corrected chi connectivity index (χ0v) is 8.34. The molecule has 0 spiro atoms. The molecule has 0 aromatic carbocycles. The van der Waals surface area contributed by atoms with E-state index in [9.17, 15) is 4.79 Å². The smallest absolute Gasteiger partial charge is 0.333 e. The van der Waals surface area contributed by atoms with Crippen LogP contribution < -0.4 is 0 Å². The third kappa shape index (κ3) is 1.59. The van der Waals surface area contributed by atoms with Crippen molar-refractivity contribution in [3.8, 4) is 0 Å². The topological polar surface area (TPSA) is 46.5 Å². The van der Waals surface area contributed by atoms with Gasteiger partial charge in [-0.2, -0.15) is 0 Å². The van der Waals surface area contributed by atoms with Gasteiger partial charge in [0.05, 0.1) is 5.03 Å². The van der Waals surface area contributed by atoms with Gasteiger partial charge in [0.2, 0.25) is 4.87 Å². The highest BCUT2D eigenvalue weighted by atomic mass is 35.5. The van der Waals surface area contributed by atoms with Crippen LogP contribution >= 0.6 is 23.2 Å². The van der Waals surface area contributed by atoms with Gasteiger partial charge in [-0.1, -0.05) is 35.4 Å². The Balaban J connectivity index is 3.10. The molecule has 0 bridgehead atoms. The van der Waals surface area contributed by atoms with Crippen molar-refractivity contribution in [2.75, 3.05) is 7.11 Å². The zero-order valence-electron chi connectivity index (χ0n) is 6.83. The first kappa shape index (κ1) is 10.6. The Kier molecular flexibility index (Phi) is 3.01. The van der Waals surface area contributed by atoms with Gasteiger partial charge in [0.1, 0.15) is 6.10 Å². The number of carboxylic acids is 1. The fourth-order valence-corrected chi connectivity index (χ4v) is 1.58. The van der Waals surface area contributed by atoms with Gasteiger partial charge in [-0.25, -0.2) is 4.79 Å². The average molecular weight is 223 g/mol. The van der Waals surface area contributed by atoms with Gasteiger partial charge in [-0.05, 0) is 6.08 Å². The Bertz CT molecular complexity index is 285. The van der Waals surface area contributed by atoms with Crippen LogP contribution in [0.5, 0.6) is 0 Å². The van der Waals surface area contributed by atoms with Gasteiger partial charge in [-0.3, -0.25) is 0 Å². The molecule has 0 aromatic heterocycles. The summed E-state index contributed by atoms with van der Waals surface area (Å²) in [5, 5.41) is 8.95. The van der Waals surface area contributed by atoms with E-state index in [1.807, 2.05) is 0 Å². The lowest BCUT2D eigenvalue weighted by Gasteiger charge is -2.29. The predicted molar refractivity (Wildman–Crippen MR) is 50.1 cm³/mol. The second-order valence-electron chi connectivity index (χ2n) is 2.57. The van der Waals surface area contributed by atoms with E-state index < -0.39 is 16.9 Å². The lowest BCUT2D eigenvalue weighted by atomic mass is 9.96. The number of rotatable bonds is 2. The van der Waals surface area contributed by atoms with Gasteiger partial charge < -0.3 is 9.84 Å². The first-order chi connectivity index (χ1) is 6.03. The molecule has 0 saturated heterocycles. The number of ether oxygens (including phenoxy) is 1. The Hall–Kier alpha value is -0.510. The van der Waals surface area contributed by atoms with Crippen LogP contribution in [0.15, 0.2) is 23.3 Å². The maximum Gasteiger partial charge on any atom is 0.333 e. The summed E-state index contributed by atoms with van der Waals surface area (Å²) >= 11 is 11.6. The minimum atomic E-state index is -1.69. The van der Waals surface area contributed by atoms with Gasteiger partial charge in [0.25, 0.3) is 0 Å².